The highest BCUT2D eigenvalue weighted by atomic mass is 16.5. The van der Waals surface area contributed by atoms with Crippen molar-refractivity contribution in [3.05, 3.63) is 84.2 Å². The Morgan fingerprint density at radius 2 is 1.53 bits per heavy atom. The van der Waals surface area contributed by atoms with Crippen molar-refractivity contribution in [2.75, 3.05) is 13.7 Å². The van der Waals surface area contributed by atoms with E-state index in [1.165, 1.54) is 12.7 Å². The highest BCUT2D eigenvalue weighted by molar-refractivity contribution is 6.04. The lowest BCUT2D eigenvalue weighted by Crippen LogP contribution is -2.23. The quantitative estimate of drug-likeness (QED) is 0.228. The minimum atomic E-state index is -0.470. The molecule has 2 aromatic heterocycles. The topological polar surface area (TPSA) is 78.4 Å². The summed E-state index contributed by atoms with van der Waals surface area (Å²) in [5.74, 6) is -0.584. The summed E-state index contributed by atoms with van der Waals surface area (Å²) in [5.41, 5.74) is 5.66. The number of aromatic nitrogens is 2. The number of aryl methyl sites for hydroxylation is 1. The number of carbonyl (C=O) groups excluding carboxylic acids is 2. The molecule has 36 heavy (non-hydrogen) atoms. The number of carbonyl (C=O) groups is 2. The lowest BCUT2D eigenvalue weighted by Gasteiger charge is -2.16. The molecular weight excluding hydrogens is 452 g/mol. The van der Waals surface area contributed by atoms with Gasteiger partial charge >= 0.3 is 11.9 Å². The van der Waals surface area contributed by atoms with Crippen molar-refractivity contribution in [2.45, 2.75) is 33.6 Å². The zero-order valence-corrected chi connectivity index (χ0v) is 21.1. The maximum absolute atomic E-state index is 12.3. The fourth-order valence-corrected chi connectivity index (χ4v) is 3.85. The van der Waals surface area contributed by atoms with Gasteiger partial charge in [0.05, 0.1) is 35.9 Å². The number of esters is 2. The van der Waals surface area contributed by atoms with Gasteiger partial charge in [0.25, 0.3) is 0 Å². The largest absolute Gasteiger partial charge is 0.465 e. The van der Waals surface area contributed by atoms with E-state index in [0.29, 0.717) is 28.8 Å². The number of hydrogen-bond acceptors (Lipinski definition) is 6. The zero-order chi connectivity index (χ0) is 25.7. The maximum atomic E-state index is 12.3. The first kappa shape index (κ1) is 25.0. The second-order valence-electron chi connectivity index (χ2n) is 9.70. The summed E-state index contributed by atoms with van der Waals surface area (Å²) in [4.78, 5) is 33.0. The number of methoxy groups -OCH3 is 1. The van der Waals surface area contributed by atoms with Crippen LogP contribution in [0, 0.1) is 5.41 Å². The minimum absolute atomic E-state index is 0.168. The molecular formula is C30H30N2O4. The van der Waals surface area contributed by atoms with Crippen molar-refractivity contribution in [3.63, 3.8) is 0 Å². The monoisotopic (exact) mass is 482 g/mol. The number of benzene rings is 2. The third kappa shape index (κ3) is 5.77. The lowest BCUT2D eigenvalue weighted by molar-refractivity contribution is -0.153. The van der Waals surface area contributed by atoms with Crippen LogP contribution in [0.1, 0.15) is 43.1 Å². The molecule has 6 heteroatoms. The summed E-state index contributed by atoms with van der Waals surface area (Å²) >= 11 is 0. The van der Waals surface area contributed by atoms with Crippen LogP contribution < -0.4 is 0 Å². The van der Waals surface area contributed by atoms with Gasteiger partial charge in [-0.05, 0) is 62.4 Å². The zero-order valence-electron chi connectivity index (χ0n) is 21.1. The van der Waals surface area contributed by atoms with Gasteiger partial charge in [-0.1, -0.05) is 48.5 Å². The van der Waals surface area contributed by atoms with E-state index in [2.05, 4.69) is 29.2 Å². The van der Waals surface area contributed by atoms with Gasteiger partial charge in [-0.25, -0.2) is 9.78 Å². The molecule has 0 spiro atoms. The van der Waals surface area contributed by atoms with Crippen molar-refractivity contribution in [3.8, 4) is 22.4 Å². The molecule has 0 aliphatic carbocycles. The molecule has 0 atom stereocenters. The number of fused-ring (bicyclic) bond motifs is 1. The number of ether oxygens (including phenoxy) is 2. The van der Waals surface area contributed by atoms with Crippen LogP contribution in [0.5, 0.6) is 0 Å². The van der Waals surface area contributed by atoms with Gasteiger partial charge in [-0.15, -0.1) is 0 Å². The summed E-state index contributed by atoms with van der Waals surface area (Å²) in [6.45, 7) is 6.00. The molecule has 0 saturated heterocycles. The van der Waals surface area contributed by atoms with E-state index in [1.54, 1.807) is 24.5 Å². The Balaban J connectivity index is 1.45. The lowest BCUT2D eigenvalue weighted by atomic mass is 9.97. The standard InChI is InChI=1S/C30H30N2O4/c1-30(2,3)29(34)36-17-5-6-20-7-9-21(10-8-20)22-11-13-23(14-12-22)27-18-24(28(33)35-4)25-19-31-16-15-26(25)32-27/h7-16,18-19H,5-6,17H2,1-4H3. The molecule has 0 aliphatic rings. The van der Waals surface area contributed by atoms with Crippen LogP contribution in [0.4, 0.5) is 0 Å². The van der Waals surface area contributed by atoms with E-state index in [0.717, 1.165) is 29.5 Å². The summed E-state index contributed by atoms with van der Waals surface area (Å²) < 4.78 is 10.3. The Bertz CT molecular complexity index is 1370. The van der Waals surface area contributed by atoms with Gasteiger partial charge in [0.1, 0.15) is 0 Å². The fourth-order valence-electron chi connectivity index (χ4n) is 3.85. The van der Waals surface area contributed by atoms with Crippen LogP contribution in [0.2, 0.25) is 0 Å². The first-order valence-corrected chi connectivity index (χ1v) is 12.0. The van der Waals surface area contributed by atoms with Crippen LogP contribution >= 0.6 is 0 Å². The highest BCUT2D eigenvalue weighted by Gasteiger charge is 2.22. The van der Waals surface area contributed by atoms with Gasteiger partial charge < -0.3 is 9.47 Å². The Labute approximate surface area is 211 Å². The number of pyridine rings is 2. The Kier molecular flexibility index (Phi) is 7.44. The van der Waals surface area contributed by atoms with Gasteiger partial charge in [-0.3, -0.25) is 9.78 Å². The van der Waals surface area contributed by atoms with Gasteiger partial charge in [0, 0.05) is 23.3 Å². The second kappa shape index (κ2) is 10.7. The molecule has 0 saturated carbocycles. The number of nitrogens with zero attached hydrogens (tertiary/aromatic N) is 2. The molecule has 0 radical (unpaired) electrons. The first-order valence-electron chi connectivity index (χ1n) is 12.0. The van der Waals surface area contributed by atoms with Gasteiger partial charge in [0.15, 0.2) is 0 Å². The van der Waals surface area contributed by atoms with E-state index in [9.17, 15) is 9.59 Å². The Hall–Kier alpha value is -4.06. The summed E-state index contributed by atoms with van der Waals surface area (Å²) in [6.07, 6.45) is 4.93. The van der Waals surface area contributed by atoms with E-state index >= 15 is 0 Å². The van der Waals surface area contributed by atoms with Crippen molar-refractivity contribution in [1.82, 2.24) is 9.97 Å². The molecule has 0 aliphatic heterocycles. The molecule has 2 heterocycles. The molecule has 6 nitrogen and oxygen atoms in total. The van der Waals surface area contributed by atoms with E-state index in [-0.39, 0.29) is 5.97 Å². The third-order valence-corrected chi connectivity index (χ3v) is 5.94. The smallest absolute Gasteiger partial charge is 0.338 e. The molecule has 0 amide bonds. The second-order valence-corrected chi connectivity index (χ2v) is 9.70. The van der Waals surface area contributed by atoms with Crippen LogP contribution in [-0.2, 0) is 20.7 Å². The average Bonchev–Trinajstić information content (AvgIpc) is 2.89. The summed E-state index contributed by atoms with van der Waals surface area (Å²) in [5, 5.41) is 0.664. The van der Waals surface area contributed by atoms with Crippen LogP contribution in [0.25, 0.3) is 33.3 Å². The van der Waals surface area contributed by atoms with Crippen molar-refractivity contribution in [1.29, 1.82) is 0 Å². The number of rotatable bonds is 7. The summed E-state index contributed by atoms with van der Waals surface area (Å²) in [6, 6.07) is 20.1. The molecule has 0 unspecified atom stereocenters. The maximum Gasteiger partial charge on any atom is 0.338 e. The van der Waals surface area contributed by atoms with E-state index < -0.39 is 11.4 Å². The Morgan fingerprint density at radius 3 is 2.17 bits per heavy atom. The Morgan fingerprint density at radius 1 is 0.889 bits per heavy atom. The summed E-state index contributed by atoms with van der Waals surface area (Å²) in [7, 11) is 1.37. The predicted octanol–water partition coefficient (Wildman–Crippen LogP) is 6.27. The first-order chi connectivity index (χ1) is 17.3. The van der Waals surface area contributed by atoms with E-state index in [4.69, 9.17) is 14.5 Å². The van der Waals surface area contributed by atoms with Gasteiger partial charge in [-0.2, -0.15) is 0 Å². The average molecular weight is 483 g/mol. The molecule has 4 rings (SSSR count). The number of hydrogen-bond donors (Lipinski definition) is 0. The third-order valence-electron chi connectivity index (χ3n) is 5.94. The normalized spacial score (nSPS) is 11.3. The van der Waals surface area contributed by atoms with Gasteiger partial charge in [0.2, 0.25) is 0 Å². The molecule has 0 N–H and O–H groups in total. The van der Waals surface area contributed by atoms with Crippen LogP contribution in [0.15, 0.2) is 73.1 Å². The van der Waals surface area contributed by atoms with Crippen LogP contribution in [-0.4, -0.2) is 35.6 Å². The van der Waals surface area contributed by atoms with Crippen molar-refractivity contribution >= 4 is 22.8 Å². The molecule has 0 bridgehead atoms. The minimum Gasteiger partial charge on any atom is -0.465 e. The predicted molar refractivity (Wildman–Crippen MR) is 140 cm³/mol. The van der Waals surface area contributed by atoms with Crippen LogP contribution in [0.3, 0.4) is 0 Å². The molecule has 184 valence electrons. The fraction of sp³-hybridized carbons (Fsp3) is 0.267. The van der Waals surface area contributed by atoms with E-state index in [1.807, 2.05) is 45.0 Å². The SMILES string of the molecule is COC(=O)c1cc(-c2ccc(-c3ccc(CCCOC(=O)C(C)(C)C)cc3)cc2)nc2ccncc12. The molecule has 2 aromatic carbocycles. The van der Waals surface area contributed by atoms with Crippen molar-refractivity contribution in [2.24, 2.45) is 5.41 Å². The van der Waals surface area contributed by atoms with Crippen molar-refractivity contribution < 1.29 is 19.1 Å². The molecule has 4 aromatic rings. The highest BCUT2D eigenvalue weighted by Crippen LogP contribution is 2.28. The molecule has 0 fully saturated rings.